The first-order chi connectivity index (χ1) is 13.1. The number of hydrogen-bond donors (Lipinski definition) is 1. The number of benzene rings is 2. The highest BCUT2D eigenvalue weighted by molar-refractivity contribution is 6.04. The van der Waals surface area contributed by atoms with Crippen LogP contribution in [0, 0.1) is 12.7 Å². The van der Waals surface area contributed by atoms with Crippen molar-refractivity contribution in [1.29, 1.82) is 0 Å². The van der Waals surface area contributed by atoms with Gasteiger partial charge < -0.3 is 14.2 Å². The molecular formula is C22H16FNO3. The van der Waals surface area contributed by atoms with Crippen LogP contribution in [0.15, 0.2) is 81.8 Å². The number of amides is 1. The zero-order chi connectivity index (χ0) is 18.8. The van der Waals surface area contributed by atoms with Gasteiger partial charge in [0.15, 0.2) is 11.5 Å². The van der Waals surface area contributed by atoms with E-state index < -0.39 is 11.7 Å². The molecule has 0 aliphatic rings. The number of hydrogen-bond acceptors (Lipinski definition) is 3. The number of carbonyl (C=O) groups is 1. The maximum atomic E-state index is 13.8. The van der Waals surface area contributed by atoms with Crippen molar-refractivity contribution in [2.45, 2.75) is 6.92 Å². The van der Waals surface area contributed by atoms with Gasteiger partial charge in [0.1, 0.15) is 11.6 Å². The average Bonchev–Trinajstić information content (AvgIpc) is 3.31. The monoisotopic (exact) mass is 361 g/mol. The Kier molecular flexibility index (Phi) is 4.34. The molecule has 0 aliphatic carbocycles. The molecule has 0 radical (unpaired) electrons. The van der Waals surface area contributed by atoms with E-state index in [4.69, 9.17) is 8.83 Å². The van der Waals surface area contributed by atoms with Gasteiger partial charge in [-0.05, 0) is 55.0 Å². The zero-order valence-electron chi connectivity index (χ0n) is 14.5. The molecule has 2 heterocycles. The number of aryl methyl sites for hydroxylation is 1. The second kappa shape index (κ2) is 6.96. The third kappa shape index (κ3) is 3.40. The van der Waals surface area contributed by atoms with Crippen molar-refractivity contribution >= 4 is 11.6 Å². The summed E-state index contributed by atoms with van der Waals surface area (Å²) < 4.78 is 25.1. The number of nitrogens with one attached hydrogen (secondary N) is 1. The summed E-state index contributed by atoms with van der Waals surface area (Å²) in [7, 11) is 0. The van der Waals surface area contributed by atoms with Crippen LogP contribution in [-0.2, 0) is 0 Å². The molecule has 2 aromatic heterocycles. The van der Waals surface area contributed by atoms with Crippen molar-refractivity contribution in [2.75, 3.05) is 5.32 Å². The molecule has 2 aromatic carbocycles. The molecule has 0 atom stereocenters. The van der Waals surface area contributed by atoms with Crippen molar-refractivity contribution in [2.24, 2.45) is 0 Å². The van der Waals surface area contributed by atoms with Gasteiger partial charge in [-0.2, -0.15) is 0 Å². The van der Waals surface area contributed by atoms with Gasteiger partial charge in [-0.25, -0.2) is 4.39 Å². The van der Waals surface area contributed by atoms with Gasteiger partial charge >= 0.3 is 0 Å². The molecule has 1 amide bonds. The second-order valence-corrected chi connectivity index (χ2v) is 6.11. The molecule has 4 nitrogen and oxygen atoms in total. The maximum absolute atomic E-state index is 13.8. The molecule has 0 bridgehead atoms. The third-order valence-corrected chi connectivity index (χ3v) is 4.22. The van der Waals surface area contributed by atoms with Gasteiger partial charge in [0.05, 0.1) is 11.8 Å². The van der Waals surface area contributed by atoms with E-state index in [9.17, 15) is 9.18 Å². The minimum absolute atomic E-state index is 0.00326. The number of anilines is 1. The van der Waals surface area contributed by atoms with E-state index in [-0.39, 0.29) is 5.56 Å². The highest BCUT2D eigenvalue weighted by Crippen LogP contribution is 2.31. The number of rotatable bonds is 4. The van der Waals surface area contributed by atoms with Crippen LogP contribution in [0.5, 0.6) is 0 Å². The zero-order valence-corrected chi connectivity index (χ0v) is 14.5. The first-order valence-corrected chi connectivity index (χ1v) is 8.42. The normalized spacial score (nSPS) is 10.7. The van der Waals surface area contributed by atoms with Crippen molar-refractivity contribution in [3.05, 3.63) is 89.9 Å². The minimum atomic E-state index is -0.560. The smallest absolute Gasteiger partial charge is 0.258 e. The second-order valence-electron chi connectivity index (χ2n) is 6.11. The van der Waals surface area contributed by atoms with Gasteiger partial charge in [0.2, 0.25) is 0 Å². The van der Waals surface area contributed by atoms with Crippen molar-refractivity contribution in [3.63, 3.8) is 0 Å². The van der Waals surface area contributed by atoms with Gasteiger partial charge in [-0.15, -0.1) is 0 Å². The summed E-state index contributed by atoms with van der Waals surface area (Å²) in [5.41, 5.74) is 2.32. The number of furan rings is 2. The molecule has 134 valence electrons. The lowest BCUT2D eigenvalue weighted by molar-refractivity contribution is 0.102. The Hall–Kier alpha value is -3.60. The van der Waals surface area contributed by atoms with Crippen LogP contribution < -0.4 is 5.32 Å². The van der Waals surface area contributed by atoms with Crippen LogP contribution in [0.3, 0.4) is 0 Å². The van der Waals surface area contributed by atoms with Crippen LogP contribution in [0.4, 0.5) is 10.1 Å². The van der Waals surface area contributed by atoms with E-state index in [2.05, 4.69) is 5.32 Å². The molecule has 0 saturated carbocycles. The van der Waals surface area contributed by atoms with Crippen molar-refractivity contribution in [1.82, 2.24) is 0 Å². The van der Waals surface area contributed by atoms with E-state index in [1.165, 1.54) is 12.1 Å². The van der Waals surface area contributed by atoms with E-state index in [1.807, 2.05) is 31.2 Å². The molecule has 5 heteroatoms. The lowest BCUT2D eigenvalue weighted by Crippen LogP contribution is -2.13. The van der Waals surface area contributed by atoms with Crippen molar-refractivity contribution in [3.8, 4) is 22.8 Å². The number of halogens is 1. The predicted octanol–water partition coefficient (Wildman–Crippen LogP) is 5.91. The van der Waals surface area contributed by atoms with E-state index in [1.54, 1.807) is 36.6 Å². The van der Waals surface area contributed by atoms with Crippen LogP contribution in [0.25, 0.3) is 22.8 Å². The lowest BCUT2D eigenvalue weighted by Gasteiger charge is -2.07. The van der Waals surface area contributed by atoms with E-state index >= 15 is 0 Å². The average molecular weight is 361 g/mol. The molecule has 0 spiro atoms. The van der Waals surface area contributed by atoms with Gasteiger partial charge in [-0.1, -0.05) is 24.3 Å². The molecule has 0 aliphatic heterocycles. The molecular weight excluding hydrogens is 345 g/mol. The first kappa shape index (κ1) is 16.8. The summed E-state index contributed by atoms with van der Waals surface area (Å²) in [4.78, 5) is 12.3. The Morgan fingerprint density at radius 2 is 1.78 bits per heavy atom. The highest BCUT2D eigenvalue weighted by Gasteiger charge is 2.14. The first-order valence-electron chi connectivity index (χ1n) is 8.42. The van der Waals surface area contributed by atoms with E-state index in [0.29, 0.717) is 23.0 Å². The van der Waals surface area contributed by atoms with Crippen LogP contribution in [0.2, 0.25) is 0 Å². The van der Waals surface area contributed by atoms with Gasteiger partial charge in [0, 0.05) is 11.3 Å². The van der Waals surface area contributed by atoms with Crippen molar-refractivity contribution < 1.29 is 18.0 Å². The molecule has 0 saturated heterocycles. The Bertz CT molecular complexity index is 1110. The quantitative estimate of drug-likeness (QED) is 0.492. The van der Waals surface area contributed by atoms with E-state index in [0.717, 1.165) is 11.1 Å². The van der Waals surface area contributed by atoms with Crippen LogP contribution in [-0.4, -0.2) is 5.91 Å². The largest absolute Gasteiger partial charge is 0.461 e. The minimum Gasteiger partial charge on any atom is -0.461 e. The summed E-state index contributed by atoms with van der Waals surface area (Å²) in [5, 5.41) is 2.71. The summed E-state index contributed by atoms with van der Waals surface area (Å²) in [5.74, 6) is 0.897. The standard InChI is InChI=1S/C22H16FNO3/c1-14-11-12-26-21(14)20-10-9-19(27-20)15-5-4-6-16(13-15)24-22(25)17-7-2-3-8-18(17)23/h2-13H,1H3,(H,24,25). The topological polar surface area (TPSA) is 55.4 Å². The molecule has 4 rings (SSSR count). The Morgan fingerprint density at radius 1 is 0.963 bits per heavy atom. The molecule has 0 fully saturated rings. The lowest BCUT2D eigenvalue weighted by atomic mass is 10.1. The fraction of sp³-hybridized carbons (Fsp3) is 0.0455. The maximum Gasteiger partial charge on any atom is 0.258 e. The summed E-state index contributed by atoms with van der Waals surface area (Å²) >= 11 is 0. The molecule has 1 N–H and O–H groups in total. The molecule has 0 unspecified atom stereocenters. The van der Waals surface area contributed by atoms with Gasteiger partial charge in [0.25, 0.3) is 5.91 Å². The number of carbonyl (C=O) groups excluding carboxylic acids is 1. The SMILES string of the molecule is Cc1ccoc1-c1ccc(-c2cccc(NC(=O)c3ccccc3F)c2)o1. The highest BCUT2D eigenvalue weighted by atomic mass is 19.1. The van der Waals surface area contributed by atoms with Gasteiger partial charge in [-0.3, -0.25) is 4.79 Å². The summed E-state index contributed by atoms with van der Waals surface area (Å²) in [6, 6.07) is 18.6. The summed E-state index contributed by atoms with van der Waals surface area (Å²) in [6.45, 7) is 1.94. The fourth-order valence-corrected chi connectivity index (χ4v) is 2.83. The Morgan fingerprint density at radius 3 is 2.56 bits per heavy atom. The molecule has 4 aromatic rings. The van der Waals surface area contributed by atoms with Crippen LogP contribution in [0.1, 0.15) is 15.9 Å². The predicted molar refractivity (Wildman–Crippen MR) is 101 cm³/mol. The Labute approximate surface area is 155 Å². The fourth-order valence-electron chi connectivity index (χ4n) is 2.83. The van der Waals surface area contributed by atoms with Crippen LogP contribution >= 0.6 is 0 Å². The third-order valence-electron chi connectivity index (χ3n) is 4.22. The Balaban J connectivity index is 1.58. The summed E-state index contributed by atoms with van der Waals surface area (Å²) in [6.07, 6.45) is 1.62. The molecule has 27 heavy (non-hydrogen) atoms.